The van der Waals surface area contributed by atoms with Crippen LogP contribution in [-0.2, 0) is 13.0 Å². The highest BCUT2D eigenvalue weighted by Gasteiger charge is 2.20. The summed E-state index contributed by atoms with van der Waals surface area (Å²) in [7, 11) is 1.63. The first-order chi connectivity index (χ1) is 14.1. The number of methoxy groups -OCH3 is 1. The molecular formula is C23H26N4O2. The predicted octanol–water partition coefficient (Wildman–Crippen LogP) is 3.82. The number of likely N-dealkylation sites (N-methyl/N-ethyl adjacent to an activating group) is 1. The summed E-state index contributed by atoms with van der Waals surface area (Å²) < 4.78 is 7.12. The summed E-state index contributed by atoms with van der Waals surface area (Å²) in [6.45, 7) is 7.17. The van der Waals surface area contributed by atoms with Crippen molar-refractivity contribution in [2.45, 2.75) is 26.8 Å². The van der Waals surface area contributed by atoms with Crippen LogP contribution < -0.4 is 10.1 Å². The van der Waals surface area contributed by atoms with E-state index in [1.807, 2.05) is 37.3 Å². The number of fused-ring (bicyclic) bond motifs is 1. The van der Waals surface area contributed by atoms with E-state index in [1.165, 1.54) is 11.1 Å². The zero-order chi connectivity index (χ0) is 20.4. The summed E-state index contributed by atoms with van der Waals surface area (Å²) in [5.74, 6) is 0.505. The summed E-state index contributed by atoms with van der Waals surface area (Å²) in [6, 6.07) is 13.7. The molecule has 0 bridgehead atoms. The SMILES string of the molecule is CCN1CCc2c(cccc2NC(=O)c2ccn(-c3cc(C)ccc3OC)n2)C1. The lowest BCUT2D eigenvalue weighted by Crippen LogP contribution is -2.31. The molecule has 1 aliphatic rings. The standard InChI is InChI=1S/C23H26N4O2/c1-4-26-12-10-18-17(15-26)6-5-7-19(18)24-23(28)20-11-13-27(25-20)21-14-16(2)8-9-22(21)29-3/h5-9,11,13-14H,4,10,12,15H2,1-3H3,(H,24,28). The van der Waals surface area contributed by atoms with Gasteiger partial charge < -0.3 is 10.1 Å². The number of amides is 1. The number of nitrogens with one attached hydrogen (secondary N) is 1. The van der Waals surface area contributed by atoms with Crippen molar-refractivity contribution in [2.24, 2.45) is 0 Å². The van der Waals surface area contributed by atoms with E-state index in [0.717, 1.165) is 43.0 Å². The van der Waals surface area contributed by atoms with Crippen molar-refractivity contribution in [2.75, 3.05) is 25.5 Å². The molecule has 0 fully saturated rings. The Balaban J connectivity index is 1.56. The quantitative estimate of drug-likeness (QED) is 0.720. The second-order valence-corrected chi connectivity index (χ2v) is 7.34. The van der Waals surface area contributed by atoms with Crippen LogP contribution in [0.25, 0.3) is 5.69 Å². The van der Waals surface area contributed by atoms with Crippen molar-refractivity contribution >= 4 is 11.6 Å². The van der Waals surface area contributed by atoms with Crippen LogP contribution in [0.5, 0.6) is 5.75 Å². The minimum Gasteiger partial charge on any atom is -0.494 e. The highest BCUT2D eigenvalue weighted by Crippen LogP contribution is 2.27. The van der Waals surface area contributed by atoms with E-state index in [0.29, 0.717) is 11.4 Å². The second kappa shape index (κ2) is 8.09. The zero-order valence-electron chi connectivity index (χ0n) is 17.1. The minimum absolute atomic E-state index is 0.207. The fraction of sp³-hybridized carbons (Fsp3) is 0.304. The number of anilines is 1. The molecule has 0 radical (unpaired) electrons. The van der Waals surface area contributed by atoms with Gasteiger partial charge in [0.05, 0.1) is 7.11 Å². The first-order valence-corrected chi connectivity index (χ1v) is 9.94. The molecule has 6 nitrogen and oxygen atoms in total. The molecule has 2 heterocycles. The zero-order valence-corrected chi connectivity index (χ0v) is 17.1. The van der Waals surface area contributed by atoms with Gasteiger partial charge in [-0.05, 0) is 60.8 Å². The molecule has 0 atom stereocenters. The summed E-state index contributed by atoms with van der Waals surface area (Å²) in [4.78, 5) is 15.3. The van der Waals surface area contributed by atoms with E-state index in [4.69, 9.17) is 4.74 Å². The fourth-order valence-electron chi connectivity index (χ4n) is 3.80. The van der Waals surface area contributed by atoms with Gasteiger partial charge in [-0.1, -0.05) is 25.1 Å². The van der Waals surface area contributed by atoms with Crippen molar-refractivity contribution in [3.63, 3.8) is 0 Å². The molecule has 4 rings (SSSR count). The summed E-state index contributed by atoms with van der Waals surface area (Å²) in [5, 5.41) is 7.54. The monoisotopic (exact) mass is 390 g/mol. The first kappa shape index (κ1) is 19.2. The minimum atomic E-state index is -0.207. The van der Waals surface area contributed by atoms with Crippen LogP contribution in [0, 0.1) is 6.92 Å². The molecule has 29 heavy (non-hydrogen) atoms. The second-order valence-electron chi connectivity index (χ2n) is 7.34. The Bertz CT molecular complexity index is 1040. The van der Waals surface area contributed by atoms with Crippen LogP contribution in [0.3, 0.4) is 0 Å². The van der Waals surface area contributed by atoms with E-state index in [9.17, 15) is 4.79 Å². The number of hydrogen-bond acceptors (Lipinski definition) is 4. The first-order valence-electron chi connectivity index (χ1n) is 9.94. The van der Waals surface area contributed by atoms with Gasteiger partial charge in [0.25, 0.3) is 5.91 Å². The Labute approximate surface area is 171 Å². The van der Waals surface area contributed by atoms with E-state index < -0.39 is 0 Å². The molecule has 1 aliphatic heterocycles. The van der Waals surface area contributed by atoms with Gasteiger partial charge in [0, 0.05) is 25.0 Å². The number of rotatable bonds is 5. The Kier molecular flexibility index (Phi) is 5.36. The number of ether oxygens (including phenoxy) is 1. The largest absolute Gasteiger partial charge is 0.494 e. The van der Waals surface area contributed by atoms with Crippen LogP contribution in [0.15, 0.2) is 48.7 Å². The number of carbonyl (C=O) groups is 1. The van der Waals surface area contributed by atoms with Gasteiger partial charge in [-0.25, -0.2) is 4.68 Å². The van der Waals surface area contributed by atoms with E-state index >= 15 is 0 Å². The van der Waals surface area contributed by atoms with Gasteiger partial charge in [-0.2, -0.15) is 5.10 Å². The average Bonchev–Trinajstić information content (AvgIpc) is 3.24. The van der Waals surface area contributed by atoms with Crippen molar-refractivity contribution in [3.05, 3.63) is 71.0 Å². The third-order valence-corrected chi connectivity index (χ3v) is 5.44. The van der Waals surface area contributed by atoms with E-state index in [-0.39, 0.29) is 5.91 Å². The van der Waals surface area contributed by atoms with Crippen molar-refractivity contribution in [1.29, 1.82) is 0 Å². The Hall–Kier alpha value is -3.12. The maximum absolute atomic E-state index is 12.9. The molecule has 3 aromatic rings. The molecule has 6 heteroatoms. The number of nitrogens with zero attached hydrogens (tertiary/aromatic N) is 3. The number of aryl methyl sites for hydroxylation is 1. The highest BCUT2D eigenvalue weighted by atomic mass is 16.5. The van der Waals surface area contributed by atoms with Crippen molar-refractivity contribution in [3.8, 4) is 11.4 Å². The summed E-state index contributed by atoms with van der Waals surface area (Å²) in [5.41, 5.74) is 5.67. The summed E-state index contributed by atoms with van der Waals surface area (Å²) >= 11 is 0. The van der Waals surface area contributed by atoms with Gasteiger partial charge in [-0.3, -0.25) is 9.69 Å². The van der Waals surface area contributed by atoms with Crippen molar-refractivity contribution in [1.82, 2.24) is 14.7 Å². The predicted molar refractivity (Wildman–Crippen MR) is 114 cm³/mol. The van der Waals surface area contributed by atoms with E-state index in [2.05, 4.69) is 28.3 Å². The normalized spacial score (nSPS) is 13.8. The average molecular weight is 390 g/mol. The molecule has 1 N–H and O–H groups in total. The van der Waals surface area contributed by atoms with Gasteiger partial charge in [-0.15, -0.1) is 0 Å². The number of aromatic nitrogens is 2. The van der Waals surface area contributed by atoms with Crippen LogP contribution in [0.4, 0.5) is 5.69 Å². The maximum Gasteiger partial charge on any atom is 0.276 e. The molecule has 2 aromatic carbocycles. The van der Waals surface area contributed by atoms with Crippen LogP contribution >= 0.6 is 0 Å². The lowest BCUT2D eigenvalue weighted by Gasteiger charge is -2.29. The third-order valence-electron chi connectivity index (χ3n) is 5.44. The van der Waals surface area contributed by atoms with Crippen LogP contribution in [0.1, 0.15) is 34.1 Å². The van der Waals surface area contributed by atoms with E-state index in [1.54, 1.807) is 24.1 Å². The Morgan fingerprint density at radius 1 is 1.24 bits per heavy atom. The molecule has 1 aromatic heterocycles. The molecule has 0 saturated heterocycles. The molecule has 0 unspecified atom stereocenters. The number of benzene rings is 2. The smallest absolute Gasteiger partial charge is 0.276 e. The molecule has 150 valence electrons. The number of hydrogen-bond donors (Lipinski definition) is 1. The van der Waals surface area contributed by atoms with Crippen LogP contribution in [-0.4, -0.2) is 40.8 Å². The lowest BCUT2D eigenvalue weighted by molar-refractivity contribution is 0.102. The van der Waals surface area contributed by atoms with Gasteiger partial charge in [0.2, 0.25) is 0 Å². The number of carbonyl (C=O) groups excluding carboxylic acids is 1. The molecule has 1 amide bonds. The van der Waals surface area contributed by atoms with Crippen molar-refractivity contribution < 1.29 is 9.53 Å². The topological polar surface area (TPSA) is 59.4 Å². The lowest BCUT2D eigenvalue weighted by atomic mass is 9.97. The molecule has 0 aliphatic carbocycles. The van der Waals surface area contributed by atoms with Gasteiger partial charge >= 0.3 is 0 Å². The highest BCUT2D eigenvalue weighted by molar-refractivity contribution is 6.03. The molecular weight excluding hydrogens is 364 g/mol. The Morgan fingerprint density at radius 3 is 2.90 bits per heavy atom. The maximum atomic E-state index is 12.9. The van der Waals surface area contributed by atoms with Gasteiger partial charge in [0.15, 0.2) is 5.69 Å². The van der Waals surface area contributed by atoms with Crippen LogP contribution in [0.2, 0.25) is 0 Å². The van der Waals surface area contributed by atoms with Gasteiger partial charge in [0.1, 0.15) is 11.4 Å². The molecule has 0 spiro atoms. The fourth-order valence-corrected chi connectivity index (χ4v) is 3.80. The summed E-state index contributed by atoms with van der Waals surface area (Å²) in [6.07, 6.45) is 2.72. The Morgan fingerprint density at radius 2 is 2.10 bits per heavy atom. The third kappa shape index (κ3) is 3.89. The molecule has 0 saturated carbocycles.